The van der Waals surface area contributed by atoms with Crippen LogP contribution in [0.5, 0.6) is 0 Å². The number of aryl methyl sites for hydroxylation is 1. The van der Waals surface area contributed by atoms with Crippen LogP contribution in [0.3, 0.4) is 0 Å². The SMILES string of the molecule is CCNc1nc(-c2ccc(CC)cc2)c(Cl)cc1Cl. The summed E-state index contributed by atoms with van der Waals surface area (Å²) in [6.07, 6.45) is 1.02. The zero-order valence-corrected chi connectivity index (χ0v) is 12.5. The molecule has 0 unspecified atom stereocenters. The molecule has 2 aromatic rings. The molecule has 0 radical (unpaired) electrons. The number of pyridine rings is 1. The average Bonchev–Trinajstić information content (AvgIpc) is 2.42. The highest BCUT2D eigenvalue weighted by molar-refractivity contribution is 6.37. The molecule has 4 heteroatoms. The van der Waals surface area contributed by atoms with E-state index in [0.717, 1.165) is 24.2 Å². The van der Waals surface area contributed by atoms with E-state index in [4.69, 9.17) is 23.2 Å². The van der Waals surface area contributed by atoms with Gasteiger partial charge in [-0.3, -0.25) is 0 Å². The van der Waals surface area contributed by atoms with Gasteiger partial charge in [0.2, 0.25) is 0 Å². The van der Waals surface area contributed by atoms with Crippen LogP contribution in [-0.4, -0.2) is 11.5 Å². The lowest BCUT2D eigenvalue weighted by Gasteiger charge is -2.10. The van der Waals surface area contributed by atoms with Crippen molar-refractivity contribution in [2.75, 3.05) is 11.9 Å². The first-order chi connectivity index (χ1) is 9.15. The molecule has 0 aliphatic rings. The van der Waals surface area contributed by atoms with Gasteiger partial charge >= 0.3 is 0 Å². The summed E-state index contributed by atoms with van der Waals surface area (Å²) in [6, 6.07) is 9.99. The molecule has 0 aliphatic carbocycles. The minimum atomic E-state index is 0.542. The average molecular weight is 295 g/mol. The van der Waals surface area contributed by atoms with Crippen LogP contribution in [0.1, 0.15) is 19.4 Å². The van der Waals surface area contributed by atoms with Gasteiger partial charge in [-0.1, -0.05) is 54.4 Å². The third-order valence-electron chi connectivity index (χ3n) is 2.91. The number of nitrogens with one attached hydrogen (secondary N) is 1. The van der Waals surface area contributed by atoms with Crippen molar-refractivity contribution < 1.29 is 0 Å². The van der Waals surface area contributed by atoms with E-state index in [1.165, 1.54) is 5.56 Å². The van der Waals surface area contributed by atoms with Crippen molar-refractivity contribution in [1.82, 2.24) is 4.98 Å². The number of nitrogens with zero attached hydrogens (tertiary/aromatic N) is 1. The third kappa shape index (κ3) is 3.20. The van der Waals surface area contributed by atoms with E-state index in [9.17, 15) is 0 Å². The molecule has 2 nitrogen and oxygen atoms in total. The molecule has 0 bridgehead atoms. The number of rotatable bonds is 4. The van der Waals surface area contributed by atoms with Crippen molar-refractivity contribution in [3.05, 3.63) is 45.9 Å². The summed E-state index contributed by atoms with van der Waals surface area (Å²) in [5, 5.41) is 4.24. The Kier molecular flexibility index (Phi) is 4.67. The lowest BCUT2D eigenvalue weighted by molar-refractivity contribution is 1.14. The molecule has 1 aromatic carbocycles. The summed E-state index contributed by atoms with van der Waals surface area (Å²) in [6.45, 7) is 4.90. The van der Waals surface area contributed by atoms with Crippen molar-refractivity contribution in [3.63, 3.8) is 0 Å². The van der Waals surface area contributed by atoms with Gasteiger partial charge < -0.3 is 5.32 Å². The number of halogens is 2. The van der Waals surface area contributed by atoms with Gasteiger partial charge in [-0.25, -0.2) is 4.98 Å². The molecular weight excluding hydrogens is 279 g/mol. The predicted molar refractivity (Wildman–Crippen MR) is 83.2 cm³/mol. The van der Waals surface area contributed by atoms with E-state index in [2.05, 4.69) is 29.4 Å². The summed E-state index contributed by atoms with van der Waals surface area (Å²) in [4.78, 5) is 4.51. The second kappa shape index (κ2) is 6.27. The molecule has 2 rings (SSSR count). The topological polar surface area (TPSA) is 24.9 Å². The highest BCUT2D eigenvalue weighted by Gasteiger charge is 2.10. The van der Waals surface area contributed by atoms with E-state index < -0.39 is 0 Å². The third-order valence-corrected chi connectivity index (χ3v) is 3.49. The van der Waals surface area contributed by atoms with E-state index in [-0.39, 0.29) is 0 Å². The Morgan fingerprint density at radius 2 is 1.74 bits per heavy atom. The summed E-state index contributed by atoms with van der Waals surface area (Å²) in [7, 11) is 0. The van der Waals surface area contributed by atoms with Gasteiger partial charge in [-0.15, -0.1) is 0 Å². The quantitative estimate of drug-likeness (QED) is 0.853. The number of aromatic nitrogens is 1. The molecule has 0 aliphatic heterocycles. The highest BCUT2D eigenvalue weighted by atomic mass is 35.5. The minimum absolute atomic E-state index is 0.542. The summed E-state index contributed by atoms with van der Waals surface area (Å²) >= 11 is 12.3. The maximum atomic E-state index is 6.24. The second-order valence-electron chi connectivity index (χ2n) is 4.23. The Balaban J connectivity index is 2.45. The Bertz CT molecular complexity index is 565. The Morgan fingerprint density at radius 3 is 2.32 bits per heavy atom. The molecule has 100 valence electrons. The fourth-order valence-electron chi connectivity index (χ4n) is 1.86. The van der Waals surface area contributed by atoms with Crippen LogP contribution in [-0.2, 0) is 6.42 Å². The lowest BCUT2D eigenvalue weighted by Crippen LogP contribution is -2.01. The fraction of sp³-hybridized carbons (Fsp3) is 0.267. The van der Waals surface area contributed by atoms with Crippen molar-refractivity contribution in [2.24, 2.45) is 0 Å². The highest BCUT2D eigenvalue weighted by Crippen LogP contribution is 2.32. The zero-order chi connectivity index (χ0) is 13.8. The van der Waals surface area contributed by atoms with Crippen LogP contribution in [0.25, 0.3) is 11.3 Å². The Hall–Kier alpha value is -1.25. The molecule has 0 fully saturated rings. The molecule has 0 saturated carbocycles. The first-order valence-corrected chi connectivity index (χ1v) is 7.10. The largest absolute Gasteiger partial charge is 0.369 e. The van der Waals surface area contributed by atoms with Crippen LogP contribution in [0.4, 0.5) is 5.82 Å². The number of anilines is 1. The molecule has 0 spiro atoms. The molecule has 1 N–H and O–H groups in total. The lowest BCUT2D eigenvalue weighted by atomic mass is 10.1. The number of hydrogen-bond acceptors (Lipinski definition) is 2. The normalized spacial score (nSPS) is 10.5. The van der Waals surface area contributed by atoms with E-state index in [1.54, 1.807) is 6.07 Å². The smallest absolute Gasteiger partial charge is 0.145 e. The van der Waals surface area contributed by atoms with E-state index in [0.29, 0.717) is 15.9 Å². The molecular formula is C15H16Cl2N2. The van der Waals surface area contributed by atoms with Crippen molar-refractivity contribution in [2.45, 2.75) is 20.3 Å². The summed E-state index contributed by atoms with van der Waals surface area (Å²) < 4.78 is 0. The zero-order valence-electron chi connectivity index (χ0n) is 11.0. The minimum Gasteiger partial charge on any atom is -0.369 e. The molecule has 1 aromatic heterocycles. The van der Waals surface area contributed by atoms with Gasteiger partial charge in [0.15, 0.2) is 0 Å². The molecule has 19 heavy (non-hydrogen) atoms. The first kappa shape index (κ1) is 14.2. The van der Waals surface area contributed by atoms with Crippen molar-refractivity contribution in [3.8, 4) is 11.3 Å². The molecule has 0 saturated heterocycles. The Labute approximate surface area is 123 Å². The van der Waals surface area contributed by atoms with Crippen LogP contribution < -0.4 is 5.32 Å². The molecule has 0 atom stereocenters. The van der Waals surface area contributed by atoms with Gasteiger partial charge in [-0.05, 0) is 25.0 Å². The first-order valence-electron chi connectivity index (χ1n) is 6.35. The Morgan fingerprint density at radius 1 is 1.05 bits per heavy atom. The molecule has 1 heterocycles. The van der Waals surface area contributed by atoms with Crippen LogP contribution >= 0.6 is 23.2 Å². The van der Waals surface area contributed by atoms with Crippen LogP contribution in [0.2, 0.25) is 10.0 Å². The number of benzene rings is 1. The van der Waals surface area contributed by atoms with Gasteiger partial charge in [0.1, 0.15) is 5.82 Å². The standard InChI is InChI=1S/C15H16Cl2N2/c1-3-10-5-7-11(8-6-10)14-12(16)9-13(17)15(19-14)18-4-2/h5-9H,3-4H2,1-2H3,(H,18,19). The second-order valence-corrected chi connectivity index (χ2v) is 5.04. The van der Waals surface area contributed by atoms with Gasteiger partial charge in [0.25, 0.3) is 0 Å². The van der Waals surface area contributed by atoms with Gasteiger partial charge in [0, 0.05) is 12.1 Å². The summed E-state index contributed by atoms with van der Waals surface area (Å²) in [5.41, 5.74) is 3.04. The number of hydrogen-bond donors (Lipinski definition) is 1. The van der Waals surface area contributed by atoms with Crippen molar-refractivity contribution >= 4 is 29.0 Å². The van der Waals surface area contributed by atoms with Crippen LogP contribution in [0.15, 0.2) is 30.3 Å². The van der Waals surface area contributed by atoms with Gasteiger partial charge in [-0.2, -0.15) is 0 Å². The van der Waals surface area contributed by atoms with E-state index >= 15 is 0 Å². The van der Waals surface area contributed by atoms with Crippen molar-refractivity contribution in [1.29, 1.82) is 0 Å². The molecule has 0 amide bonds. The summed E-state index contributed by atoms with van der Waals surface area (Å²) in [5.74, 6) is 0.670. The monoisotopic (exact) mass is 294 g/mol. The van der Waals surface area contributed by atoms with Crippen LogP contribution in [0, 0.1) is 0 Å². The maximum Gasteiger partial charge on any atom is 0.145 e. The predicted octanol–water partition coefficient (Wildman–Crippen LogP) is 5.05. The maximum absolute atomic E-state index is 6.24. The van der Waals surface area contributed by atoms with Gasteiger partial charge in [0.05, 0.1) is 15.7 Å². The fourth-order valence-corrected chi connectivity index (χ4v) is 2.39. The van der Waals surface area contributed by atoms with E-state index in [1.807, 2.05) is 19.1 Å².